The van der Waals surface area contributed by atoms with Crippen LogP contribution in [0.2, 0.25) is 0 Å². The molecule has 0 spiro atoms. The molecule has 7 nitrogen and oxygen atoms in total. The molecule has 118 valence electrons. The van der Waals surface area contributed by atoms with Crippen LogP contribution in [0.1, 0.15) is 31.1 Å². The fourth-order valence-corrected chi connectivity index (χ4v) is 2.37. The first-order chi connectivity index (χ1) is 9.51. The van der Waals surface area contributed by atoms with Crippen LogP contribution in [0.4, 0.5) is 0 Å². The minimum Gasteiger partial charge on any atom is -0.496 e. The van der Waals surface area contributed by atoms with Crippen molar-refractivity contribution < 1.29 is 27.4 Å². The van der Waals surface area contributed by atoms with E-state index in [1.54, 1.807) is 20.8 Å². The van der Waals surface area contributed by atoms with Crippen LogP contribution >= 0.6 is 0 Å². The summed E-state index contributed by atoms with van der Waals surface area (Å²) in [6, 6.07) is 2.53. The van der Waals surface area contributed by atoms with Crippen LogP contribution in [0.3, 0.4) is 0 Å². The number of esters is 1. The summed E-state index contributed by atoms with van der Waals surface area (Å²) in [4.78, 5) is 12.0. The molecule has 1 aromatic carbocycles. The zero-order valence-electron chi connectivity index (χ0n) is 12.6. The van der Waals surface area contributed by atoms with Crippen LogP contribution in [-0.2, 0) is 14.8 Å². The van der Waals surface area contributed by atoms with Crippen molar-refractivity contribution in [2.75, 3.05) is 14.2 Å². The topological polar surface area (TPSA) is 105 Å². The molecular weight excluding hydrogens is 298 g/mol. The van der Waals surface area contributed by atoms with E-state index in [2.05, 4.69) is 0 Å². The molecule has 0 heterocycles. The van der Waals surface area contributed by atoms with Gasteiger partial charge >= 0.3 is 5.97 Å². The van der Waals surface area contributed by atoms with Gasteiger partial charge in [0.05, 0.1) is 14.2 Å². The van der Waals surface area contributed by atoms with Crippen molar-refractivity contribution in [1.29, 1.82) is 0 Å². The first-order valence-corrected chi connectivity index (χ1v) is 7.57. The average Bonchev–Trinajstić information content (AvgIpc) is 2.33. The van der Waals surface area contributed by atoms with Crippen molar-refractivity contribution in [3.05, 3.63) is 17.7 Å². The highest BCUT2D eigenvalue weighted by molar-refractivity contribution is 7.89. The summed E-state index contributed by atoms with van der Waals surface area (Å²) in [6.07, 6.45) is 0. The van der Waals surface area contributed by atoms with Gasteiger partial charge in [0.2, 0.25) is 10.0 Å². The van der Waals surface area contributed by atoms with Gasteiger partial charge in [-0.25, -0.2) is 18.4 Å². The van der Waals surface area contributed by atoms with Crippen LogP contribution in [0.5, 0.6) is 11.5 Å². The summed E-state index contributed by atoms with van der Waals surface area (Å²) in [6.45, 7) is 5.06. The second-order valence-corrected chi connectivity index (χ2v) is 6.75. The molecule has 0 atom stereocenters. The number of primary sulfonamides is 1. The van der Waals surface area contributed by atoms with Gasteiger partial charge in [-0.2, -0.15) is 0 Å². The molecule has 1 rings (SSSR count). The molecule has 8 heteroatoms. The Morgan fingerprint density at radius 3 is 2.10 bits per heavy atom. The summed E-state index contributed by atoms with van der Waals surface area (Å²) in [5.41, 5.74) is -0.883. The van der Waals surface area contributed by atoms with E-state index in [1.807, 2.05) is 0 Å². The molecule has 0 aliphatic carbocycles. The molecular formula is C13H19NO6S. The number of methoxy groups -OCH3 is 2. The molecule has 0 radical (unpaired) electrons. The Bertz CT molecular complexity index is 645. The third kappa shape index (κ3) is 4.08. The normalized spacial score (nSPS) is 11.9. The van der Waals surface area contributed by atoms with Crippen molar-refractivity contribution in [3.63, 3.8) is 0 Å². The standard InChI is InChI=1S/C13H19NO6S/c1-13(2,3)20-12(15)10-8(18-4)6-7-9(11(10)19-5)21(14,16)17/h6-7H,1-5H3,(H2,14,16,17). The number of rotatable bonds is 4. The van der Waals surface area contributed by atoms with Gasteiger partial charge in [0.25, 0.3) is 0 Å². The van der Waals surface area contributed by atoms with Gasteiger partial charge < -0.3 is 14.2 Å². The molecule has 0 aliphatic rings. The summed E-state index contributed by atoms with van der Waals surface area (Å²) in [5.74, 6) is -0.832. The fourth-order valence-electron chi connectivity index (χ4n) is 1.66. The maximum atomic E-state index is 12.3. The Balaban J connectivity index is 3.57. The molecule has 0 saturated carbocycles. The smallest absolute Gasteiger partial charge is 0.346 e. The second-order valence-electron chi connectivity index (χ2n) is 5.22. The summed E-state index contributed by atoms with van der Waals surface area (Å²) in [5, 5.41) is 5.12. The van der Waals surface area contributed by atoms with Gasteiger partial charge in [0.15, 0.2) is 5.75 Å². The summed E-state index contributed by atoms with van der Waals surface area (Å²) in [7, 11) is -1.48. The second kappa shape index (κ2) is 5.90. The number of sulfonamides is 1. The number of ether oxygens (including phenoxy) is 3. The maximum Gasteiger partial charge on any atom is 0.346 e. The molecule has 0 amide bonds. The lowest BCUT2D eigenvalue weighted by Gasteiger charge is -2.22. The van der Waals surface area contributed by atoms with E-state index in [4.69, 9.17) is 19.3 Å². The first kappa shape index (κ1) is 17.3. The molecule has 0 unspecified atom stereocenters. The predicted octanol–water partition coefficient (Wildman–Crippen LogP) is 1.31. The van der Waals surface area contributed by atoms with Crippen molar-refractivity contribution in [3.8, 4) is 11.5 Å². The van der Waals surface area contributed by atoms with Crippen molar-refractivity contribution >= 4 is 16.0 Å². The summed E-state index contributed by atoms with van der Waals surface area (Å²) >= 11 is 0. The van der Waals surface area contributed by atoms with Crippen LogP contribution in [-0.4, -0.2) is 34.2 Å². The molecule has 0 aromatic heterocycles. The molecule has 0 saturated heterocycles. The van der Waals surface area contributed by atoms with Crippen molar-refractivity contribution in [1.82, 2.24) is 0 Å². The molecule has 2 N–H and O–H groups in total. The predicted molar refractivity (Wildman–Crippen MR) is 76.1 cm³/mol. The Kier molecular flexibility index (Phi) is 4.85. The third-order valence-corrected chi connectivity index (χ3v) is 3.35. The van der Waals surface area contributed by atoms with Gasteiger partial charge in [-0.1, -0.05) is 0 Å². The Labute approximate surface area is 124 Å². The van der Waals surface area contributed by atoms with E-state index in [0.29, 0.717) is 0 Å². The maximum absolute atomic E-state index is 12.3. The Hall–Kier alpha value is -1.80. The average molecular weight is 317 g/mol. The lowest BCUT2D eigenvalue weighted by molar-refractivity contribution is 0.00629. The highest BCUT2D eigenvalue weighted by Crippen LogP contribution is 2.35. The van der Waals surface area contributed by atoms with E-state index in [-0.39, 0.29) is 22.0 Å². The van der Waals surface area contributed by atoms with Gasteiger partial charge in [-0.05, 0) is 32.9 Å². The first-order valence-electron chi connectivity index (χ1n) is 6.02. The van der Waals surface area contributed by atoms with Gasteiger partial charge in [-0.15, -0.1) is 0 Å². The zero-order chi connectivity index (χ0) is 16.4. The van der Waals surface area contributed by atoms with E-state index in [9.17, 15) is 13.2 Å². The number of hydrogen-bond acceptors (Lipinski definition) is 6. The number of hydrogen-bond donors (Lipinski definition) is 1. The van der Waals surface area contributed by atoms with Crippen LogP contribution < -0.4 is 14.6 Å². The largest absolute Gasteiger partial charge is 0.496 e. The van der Waals surface area contributed by atoms with Crippen LogP contribution in [0, 0.1) is 0 Å². The number of carbonyl (C=O) groups is 1. The van der Waals surface area contributed by atoms with Crippen LogP contribution in [0.25, 0.3) is 0 Å². The van der Waals surface area contributed by atoms with Gasteiger partial charge in [0.1, 0.15) is 21.8 Å². The highest BCUT2D eigenvalue weighted by Gasteiger charge is 2.29. The van der Waals surface area contributed by atoms with Crippen molar-refractivity contribution in [2.45, 2.75) is 31.3 Å². The minimum atomic E-state index is -4.06. The van der Waals surface area contributed by atoms with E-state index in [1.165, 1.54) is 26.4 Å². The number of nitrogens with two attached hydrogens (primary N) is 1. The molecule has 0 fully saturated rings. The Morgan fingerprint density at radius 1 is 1.14 bits per heavy atom. The monoisotopic (exact) mass is 317 g/mol. The highest BCUT2D eigenvalue weighted by atomic mass is 32.2. The molecule has 0 aliphatic heterocycles. The lowest BCUT2D eigenvalue weighted by Crippen LogP contribution is -2.25. The molecule has 21 heavy (non-hydrogen) atoms. The third-order valence-electron chi connectivity index (χ3n) is 2.42. The minimum absolute atomic E-state index is 0.124. The van der Waals surface area contributed by atoms with Gasteiger partial charge in [0, 0.05) is 0 Å². The van der Waals surface area contributed by atoms with Crippen molar-refractivity contribution in [2.24, 2.45) is 5.14 Å². The lowest BCUT2D eigenvalue weighted by atomic mass is 10.1. The van der Waals surface area contributed by atoms with E-state index < -0.39 is 21.6 Å². The number of benzene rings is 1. The fraction of sp³-hybridized carbons (Fsp3) is 0.462. The quantitative estimate of drug-likeness (QED) is 0.839. The summed E-state index contributed by atoms with van der Waals surface area (Å²) < 4.78 is 38.5. The number of carbonyl (C=O) groups excluding carboxylic acids is 1. The molecule has 0 bridgehead atoms. The molecule has 1 aromatic rings. The Morgan fingerprint density at radius 2 is 1.71 bits per heavy atom. The zero-order valence-corrected chi connectivity index (χ0v) is 13.4. The van der Waals surface area contributed by atoms with Gasteiger partial charge in [-0.3, -0.25) is 0 Å². The van der Waals surface area contributed by atoms with E-state index >= 15 is 0 Å². The SMILES string of the molecule is COc1ccc(S(N)(=O)=O)c(OC)c1C(=O)OC(C)(C)C. The van der Waals surface area contributed by atoms with Crippen LogP contribution in [0.15, 0.2) is 17.0 Å². The van der Waals surface area contributed by atoms with E-state index in [0.717, 1.165) is 0 Å².